The number of nitriles is 1. The molecule has 4 aromatic rings. The number of pyridine rings is 1. The van der Waals surface area contributed by atoms with Crippen molar-refractivity contribution in [2.24, 2.45) is 12.5 Å². The van der Waals surface area contributed by atoms with Gasteiger partial charge in [-0.15, -0.1) is 0 Å². The van der Waals surface area contributed by atoms with E-state index in [1.165, 1.54) is 0 Å². The Morgan fingerprint density at radius 1 is 1.19 bits per heavy atom. The molecule has 0 aliphatic carbocycles. The third kappa shape index (κ3) is 5.09. The van der Waals surface area contributed by atoms with Crippen molar-refractivity contribution in [3.63, 3.8) is 0 Å². The van der Waals surface area contributed by atoms with Crippen LogP contribution in [0.5, 0.6) is 0 Å². The Morgan fingerprint density at radius 2 is 1.95 bits per heavy atom. The first-order valence-electron chi connectivity index (χ1n) is 14.4. The number of amides is 2. The Balaban J connectivity index is 1.22. The highest BCUT2D eigenvalue weighted by molar-refractivity contribution is 6.01. The van der Waals surface area contributed by atoms with Crippen LogP contribution in [-0.4, -0.2) is 49.7 Å². The van der Waals surface area contributed by atoms with E-state index in [-0.39, 0.29) is 23.3 Å². The highest BCUT2D eigenvalue weighted by Gasteiger charge is 2.50. The third-order valence-corrected chi connectivity index (χ3v) is 9.04. The van der Waals surface area contributed by atoms with E-state index in [0.29, 0.717) is 49.2 Å². The molecule has 6 rings (SSSR count). The lowest BCUT2D eigenvalue weighted by Gasteiger charge is -2.50. The number of nitrogens with zero attached hydrogens (tertiary/aromatic N) is 5. The van der Waals surface area contributed by atoms with Crippen molar-refractivity contribution in [2.45, 2.75) is 51.2 Å². The number of carbonyl (C=O) groups is 2. The SMILES string of the molecule is Cn1cc(-c2ccc(CN3CCC(O)(c4ccc5ncc(C6CCC(=O)NC6=O)cc5c4F)C(C)(C)C3)cc2)c(C#N)n1. The average Bonchev–Trinajstić information content (AvgIpc) is 3.36. The molecular weight excluding hydrogens is 547 g/mol. The molecule has 2 aliphatic heterocycles. The lowest BCUT2D eigenvalue weighted by molar-refractivity contribution is -0.134. The molecule has 0 radical (unpaired) electrons. The lowest BCUT2D eigenvalue weighted by Crippen LogP contribution is -2.55. The van der Waals surface area contributed by atoms with Gasteiger partial charge in [0, 0.05) is 67.4 Å². The molecular formula is C33H33FN6O3. The van der Waals surface area contributed by atoms with Crippen molar-refractivity contribution >= 4 is 22.7 Å². The van der Waals surface area contributed by atoms with Gasteiger partial charge in [-0.2, -0.15) is 10.4 Å². The van der Waals surface area contributed by atoms with Gasteiger partial charge in [-0.05, 0) is 41.7 Å². The average molecular weight is 581 g/mol. The van der Waals surface area contributed by atoms with E-state index in [2.05, 4.69) is 26.4 Å². The molecule has 220 valence electrons. The molecule has 0 bridgehead atoms. The number of aromatic nitrogens is 3. The summed E-state index contributed by atoms with van der Waals surface area (Å²) in [6.45, 7) is 5.68. The van der Waals surface area contributed by atoms with Crippen LogP contribution in [0.15, 0.2) is 54.9 Å². The standard InChI is InChI=1S/C33H33FN6O3/c1-32(2)19-40(17-20-4-6-21(7-5-20)25-18-39(3)38-28(25)15-35)13-12-33(32,43)26-9-10-27-24(30(26)34)14-22(16-36-27)23-8-11-29(41)37-31(23)42/h4-7,9-10,14,16,18,23,43H,8,11-13,17,19H2,1-3H3,(H,37,41,42). The van der Waals surface area contributed by atoms with Gasteiger partial charge in [0.05, 0.1) is 17.0 Å². The predicted molar refractivity (Wildman–Crippen MR) is 158 cm³/mol. The Kier molecular flexibility index (Phi) is 7.11. The maximum Gasteiger partial charge on any atom is 0.234 e. The van der Waals surface area contributed by atoms with Crippen molar-refractivity contribution in [2.75, 3.05) is 13.1 Å². The van der Waals surface area contributed by atoms with Gasteiger partial charge in [-0.3, -0.25) is 29.5 Å². The molecule has 2 aromatic heterocycles. The first kappa shape index (κ1) is 28.6. The molecule has 2 saturated heterocycles. The summed E-state index contributed by atoms with van der Waals surface area (Å²) in [5, 5.41) is 28.3. The molecule has 2 N–H and O–H groups in total. The first-order valence-corrected chi connectivity index (χ1v) is 14.4. The summed E-state index contributed by atoms with van der Waals surface area (Å²) in [6.07, 6.45) is 4.29. The number of piperidine rings is 2. The Labute approximate surface area is 249 Å². The van der Waals surface area contributed by atoms with Crippen LogP contribution in [0, 0.1) is 22.6 Å². The van der Waals surface area contributed by atoms with Crippen LogP contribution in [0.2, 0.25) is 0 Å². The van der Waals surface area contributed by atoms with E-state index in [4.69, 9.17) is 0 Å². The van der Waals surface area contributed by atoms with E-state index in [1.54, 1.807) is 36.1 Å². The maximum absolute atomic E-state index is 16.2. The Bertz CT molecular complexity index is 1790. The van der Waals surface area contributed by atoms with Gasteiger partial charge in [0.1, 0.15) is 11.9 Å². The van der Waals surface area contributed by atoms with Gasteiger partial charge in [-0.1, -0.05) is 44.2 Å². The van der Waals surface area contributed by atoms with Crippen molar-refractivity contribution in [3.05, 3.63) is 83.1 Å². The molecule has 2 aliphatic rings. The zero-order chi connectivity index (χ0) is 30.5. The molecule has 2 atom stereocenters. The Morgan fingerprint density at radius 3 is 2.65 bits per heavy atom. The second-order valence-electron chi connectivity index (χ2n) is 12.3. The minimum absolute atomic E-state index is 0.220. The van der Waals surface area contributed by atoms with Crippen LogP contribution in [0.3, 0.4) is 0 Å². The number of nitrogens with one attached hydrogen (secondary N) is 1. The molecule has 2 unspecified atom stereocenters. The van der Waals surface area contributed by atoms with E-state index < -0.39 is 28.7 Å². The van der Waals surface area contributed by atoms with Gasteiger partial charge in [0.25, 0.3) is 0 Å². The smallest absolute Gasteiger partial charge is 0.234 e. The minimum Gasteiger partial charge on any atom is -0.384 e. The monoisotopic (exact) mass is 580 g/mol. The second-order valence-corrected chi connectivity index (χ2v) is 12.3. The predicted octanol–water partition coefficient (Wildman–Crippen LogP) is 4.29. The number of imide groups is 1. The quantitative estimate of drug-likeness (QED) is 0.338. The summed E-state index contributed by atoms with van der Waals surface area (Å²) >= 11 is 0. The van der Waals surface area contributed by atoms with E-state index in [1.807, 2.05) is 44.3 Å². The molecule has 4 heterocycles. The van der Waals surface area contributed by atoms with Gasteiger partial charge >= 0.3 is 0 Å². The molecule has 2 aromatic carbocycles. The van der Waals surface area contributed by atoms with Gasteiger partial charge in [-0.25, -0.2) is 4.39 Å². The summed E-state index contributed by atoms with van der Waals surface area (Å²) in [6, 6.07) is 15.1. The van der Waals surface area contributed by atoms with Gasteiger partial charge in [0.2, 0.25) is 11.8 Å². The number of aryl methyl sites for hydroxylation is 1. The van der Waals surface area contributed by atoms with Crippen LogP contribution >= 0.6 is 0 Å². The summed E-state index contributed by atoms with van der Waals surface area (Å²) in [5.74, 6) is -1.83. The topological polar surface area (TPSA) is 124 Å². The number of hydrogen-bond donors (Lipinski definition) is 2. The van der Waals surface area contributed by atoms with E-state index in [0.717, 1.165) is 16.7 Å². The van der Waals surface area contributed by atoms with Crippen molar-refractivity contribution in [1.82, 2.24) is 25.0 Å². The highest BCUT2D eigenvalue weighted by atomic mass is 19.1. The van der Waals surface area contributed by atoms with Crippen LogP contribution in [0.1, 0.15) is 61.4 Å². The lowest BCUT2D eigenvalue weighted by atomic mass is 9.66. The van der Waals surface area contributed by atoms with Gasteiger partial charge in [0.15, 0.2) is 5.69 Å². The maximum atomic E-state index is 16.2. The van der Waals surface area contributed by atoms with E-state index >= 15 is 4.39 Å². The number of benzene rings is 2. The first-order chi connectivity index (χ1) is 20.5. The number of carbonyl (C=O) groups excluding carboxylic acids is 2. The van der Waals surface area contributed by atoms with Crippen LogP contribution in [0.4, 0.5) is 4.39 Å². The number of fused-ring (bicyclic) bond motifs is 1. The fraction of sp³-hybridized carbons (Fsp3) is 0.364. The minimum atomic E-state index is -1.43. The van der Waals surface area contributed by atoms with Crippen LogP contribution in [-0.2, 0) is 28.8 Å². The molecule has 43 heavy (non-hydrogen) atoms. The fourth-order valence-corrected chi connectivity index (χ4v) is 6.59. The fourth-order valence-electron chi connectivity index (χ4n) is 6.59. The molecule has 9 nitrogen and oxygen atoms in total. The second kappa shape index (κ2) is 10.7. The summed E-state index contributed by atoms with van der Waals surface area (Å²) in [5.41, 5.74) is 2.28. The number of likely N-dealkylation sites (tertiary alicyclic amines) is 1. The molecule has 10 heteroatoms. The van der Waals surface area contributed by atoms with Crippen LogP contribution < -0.4 is 5.32 Å². The van der Waals surface area contributed by atoms with Crippen molar-refractivity contribution in [3.8, 4) is 17.2 Å². The molecule has 0 saturated carbocycles. The zero-order valence-electron chi connectivity index (χ0n) is 24.4. The molecule has 2 fully saturated rings. The normalized spacial score (nSPS) is 22.4. The number of hydrogen-bond acceptors (Lipinski definition) is 7. The summed E-state index contributed by atoms with van der Waals surface area (Å²) < 4.78 is 17.9. The van der Waals surface area contributed by atoms with Crippen molar-refractivity contribution < 1.29 is 19.1 Å². The van der Waals surface area contributed by atoms with Gasteiger partial charge < -0.3 is 5.11 Å². The number of halogens is 1. The molecule has 2 amide bonds. The van der Waals surface area contributed by atoms with E-state index in [9.17, 15) is 20.0 Å². The van der Waals surface area contributed by atoms with Crippen LogP contribution in [0.25, 0.3) is 22.0 Å². The third-order valence-electron chi connectivity index (χ3n) is 9.04. The number of aliphatic hydroxyl groups is 1. The largest absolute Gasteiger partial charge is 0.384 e. The van der Waals surface area contributed by atoms with Crippen molar-refractivity contribution in [1.29, 1.82) is 5.26 Å². The summed E-state index contributed by atoms with van der Waals surface area (Å²) in [4.78, 5) is 30.7. The Hall–Kier alpha value is -4.46. The number of rotatable bonds is 5. The highest BCUT2D eigenvalue weighted by Crippen LogP contribution is 2.48. The summed E-state index contributed by atoms with van der Waals surface area (Å²) in [7, 11) is 1.79. The zero-order valence-corrected chi connectivity index (χ0v) is 24.4. The molecule has 0 spiro atoms.